The molecule has 2 nitrogen and oxygen atoms in total. The molecule has 1 aromatic heterocycles. The summed E-state index contributed by atoms with van der Waals surface area (Å²) in [6, 6.07) is 3.98. The van der Waals surface area contributed by atoms with Gasteiger partial charge < -0.3 is 5.11 Å². The molecule has 1 N–H and O–H groups in total. The second-order valence-electron chi connectivity index (χ2n) is 3.57. The third kappa shape index (κ3) is 1.03. The van der Waals surface area contributed by atoms with Gasteiger partial charge in [0, 0.05) is 17.8 Å². The lowest BCUT2D eigenvalue weighted by Gasteiger charge is -2.17. The molecule has 1 saturated carbocycles. The zero-order valence-electron chi connectivity index (χ0n) is 7.20. The largest absolute Gasteiger partial charge is 0.392 e. The van der Waals surface area contributed by atoms with E-state index in [-0.39, 0.29) is 11.5 Å². The fourth-order valence-corrected chi connectivity index (χ4v) is 1.74. The van der Waals surface area contributed by atoms with E-state index in [1.54, 1.807) is 6.20 Å². The van der Waals surface area contributed by atoms with Crippen molar-refractivity contribution in [3.8, 4) is 0 Å². The Bertz CT molecular complexity index is 264. The van der Waals surface area contributed by atoms with Gasteiger partial charge in [-0.1, -0.05) is 6.07 Å². The number of hydrogen-bond donors (Lipinski definition) is 1. The Labute approximate surface area is 72.3 Å². The van der Waals surface area contributed by atoms with Gasteiger partial charge in [0.05, 0.1) is 6.10 Å². The molecule has 1 heterocycles. The van der Waals surface area contributed by atoms with Crippen molar-refractivity contribution in [3.05, 3.63) is 30.1 Å². The molecule has 12 heavy (non-hydrogen) atoms. The van der Waals surface area contributed by atoms with E-state index < -0.39 is 0 Å². The van der Waals surface area contributed by atoms with Crippen LogP contribution in [-0.4, -0.2) is 16.2 Å². The van der Waals surface area contributed by atoms with E-state index in [1.165, 1.54) is 5.56 Å². The van der Waals surface area contributed by atoms with Gasteiger partial charge in [0.15, 0.2) is 0 Å². The van der Waals surface area contributed by atoms with Crippen LogP contribution in [0.3, 0.4) is 0 Å². The Morgan fingerprint density at radius 1 is 1.58 bits per heavy atom. The molecule has 1 atom stereocenters. The van der Waals surface area contributed by atoms with Crippen LogP contribution in [0.2, 0.25) is 0 Å². The highest BCUT2D eigenvalue weighted by Crippen LogP contribution is 2.50. The maximum atomic E-state index is 9.57. The highest BCUT2D eigenvalue weighted by atomic mass is 16.3. The van der Waals surface area contributed by atoms with Crippen LogP contribution in [-0.2, 0) is 5.41 Å². The third-order valence-corrected chi connectivity index (χ3v) is 2.82. The molecule has 0 saturated heterocycles. The Morgan fingerprint density at radius 2 is 2.33 bits per heavy atom. The number of aromatic nitrogens is 1. The molecule has 1 aromatic rings. The van der Waals surface area contributed by atoms with Crippen LogP contribution in [0, 0.1) is 0 Å². The van der Waals surface area contributed by atoms with Crippen molar-refractivity contribution in [2.45, 2.75) is 31.3 Å². The van der Waals surface area contributed by atoms with Crippen LogP contribution >= 0.6 is 0 Å². The number of aliphatic hydroxyl groups is 1. The summed E-state index contributed by atoms with van der Waals surface area (Å²) in [7, 11) is 0. The molecule has 2 heteroatoms. The number of rotatable bonds is 2. The van der Waals surface area contributed by atoms with Crippen LogP contribution < -0.4 is 0 Å². The summed E-state index contributed by atoms with van der Waals surface area (Å²) in [4.78, 5) is 4.06. The second kappa shape index (κ2) is 2.56. The number of aliphatic hydroxyl groups excluding tert-OH is 1. The van der Waals surface area contributed by atoms with Gasteiger partial charge in [-0.05, 0) is 31.4 Å². The quantitative estimate of drug-likeness (QED) is 0.716. The standard InChI is InChI=1S/C10H13NO/c1-8(12)10(4-5-10)9-3-2-6-11-7-9/h2-3,6-8,12H,4-5H2,1H3. The third-order valence-electron chi connectivity index (χ3n) is 2.82. The monoisotopic (exact) mass is 163 g/mol. The van der Waals surface area contributed by atoms with Gasteiger partial charge in [0.25, 0.3) is 0 Å². The number of pyridine rings is 1. The van der Waals surface area contributed by atoms with E-state index in [2.05, 4.69) is 4.98 Å². The van der Waals surface area contributed by atoms with Gasteiger partial charge in [-0.2, -0.15) is 0 Å². The zero-order valence-corrected chi connectivity index (χ0v) is 7.20. The summed E-state index contributed by atoms with van der Waals surface area (Å²) in [5, 5.41) is 9.57. The fraction of sp³-hybridized carbons (Fsp3) is 0.500. The molecule has 1 unspecified atom stereocenters. The zero-order chi connectivity index (χ0) is 8.60. The average Bonchev–Trinajstić information content (AvgIpc) is 2.86. The molecule has 0 amide bonds. The van der Waals surface area contributed by atoms with Crippen LogP contribution in [0.5, 0.6) is 0 Å². The molecule has 0 aromatic carbocycles. The Balaban J connectivity index is 2.31. The van der Waals surface area contributed by atoms with Gasteiger partial charge in [0.1, 0.15) is 0 Å². The fourth-order valence-electron chi connectivity index (χ4n) is 1.74. The number of nitrogens with zero attached hydrogens (tertiary/aromatic N) is 1. The minimum Gasteiger partial charge on any atom is -0.392 e. The van der Waals surface area contributed by atoms with Gasteiger partial charge in [-0.3, -0.25) is 4.98 Å². The predicted octanol–water partition coefficient (Wildman–Crippen LogP) is 1.49. The summed E-state index contributed by atoms with van der Waals surface area (Å²) in [5.41, 5.74) is 1.22. The second-order valence-corrected chi connectivity index (χ2v) is 3.57. The molecule has 0 aliphatic heterocycles. The molecule has 0 spiro atoms. The summed E-state index contributed by atoms with van der Waals surface area (Å²) in [5.74, 6) is 0. The summed E-state index contributed by atoms with van der Waals surface area (Å²) < 4.78 is 0. The van der Waals surface area contributed by atoms with E-state index in [0.717, 1.165) is 12.8 Å². The van der Waals surface area contributed by atoms with Crippen LogP contribution in [0.1, 0.15) is 25.3 Å². The van der Waals surface area contributed by atoms with Gasteiger partial charge >= 0.3 is 0 Å². The minimum atomic E-state index is -0.248. The lowest BCUT2D eigenvalue weighted by atomic mass is 9.92. The first-order chi connectivity index (χ1) is 5.76. The summed E-state index contributed by atoms with van der Waals surface area (Å²) in [6.45, 7) is 1.86. The topological polar surface area (TPSA) is 33.1 Å². The van der Waals surface area contributed by atoms with Crippen molar-refractivity contribution in [3.63, 3.8) is 0 Å². The molecular weight excluding hydrogens is 150 g/mol. The molecule has 64 valence electrons. The SMILES string of the molecule is CC(O)C1(c2cccnc2)CC1. The first kappa shape index (κ1) is 7.74. The van der Waals surface area contributed by atoms with Crippen molar-refractivity contribution in [1.29, 1.82) is 0 Å². The molecule has 1 aliphatic rings. The lowest BCUT2D eigenvalue weighted by molar-refractivity contribution is 0.150. The van der Waals surface area contributed by atoms with Crippen molar-refractivity contribution in [2.24, 2.45) is 0 Å². The molecule has 2 rings (SSSR count). The van der Waals surface area contributed by atoms with Crippen molar-refractivity contribution in [1.82, 2.24) is 4.98 Å². The van der Waals surface area contributed by atoms with Crippen LogP contribution in [0.25, 0.3) is 0 Å². The van der Waals surface area contributed by atoms with Crippen molar-refractivity contribution >= 4 is 0 Å². The summed E-state index contributed by atoms with van der Waals surface area (Å²) in [6.07, 6.45) is 5.57. The molecule has 0 radical (unpaired) electrons. The predicted molar refractivity (Wildman–Crippen MR) is 46.8 cm³/mol. The smallest absolute Gasteiger partial charge is 0.0609 e. The van der Waals surface area contributed by atoms with Crippen LogP contribution in [0.15, 0.2) is 24.5 Å². The van der Waals surface area contributed by atoms with Gasteiger partial charge in [-0.25, -0.2) is 0 Å². The molecule has 0 bridgehead atoms. The van der Waals surface area contributed by atoms with E-state index >= 15 is 0 Å². The van der Waals surface area contributed by atoms with Gasteiger partial charge in [-0.15, -0.1) is 0 Å². The van der Waals surface area contributed by atoms with Gasteiger partial charge in [0.2, 0.25) is 0 Å². The highest BCUT2D eigenvalue weighted by molar-refractivity contribution is 5.30. The van der Waals surface area contributed by atoms with E-state index in [0.29, 0.717) is 0 Å². The Kier molecular flexibility index (Phi) is 1.65. The van der Waals surface area contributed by atoms with Crippen molar-refractivity contribution < 1.29 is 5.11 Å². The maximum Gasteiger partial charge on any atom is 0.0609 e. The van der Waals surface area contributed by atoms with E-state index in [4.69, 9.17) is 0 Å². The highest BCUT2D eigenvalue weighted by Gasteiger charge is 2.48. The average molecular weight is 163 g/mol. The maximum absolute atomic E-state index is 9.57. The Morgan fingerprint density at radius 3 is 2.75 bits per heavy atom. The molecule has 1 aliphatic carbocycles. The van der Waals surface area contributed by atoms with Crippen LogP contribution in [0.4, 0.5) is 0 Å². The summed E-state index contributed by atoms with van der Waals surface area (Å²) >= 11 is 0. The number of hydrogen-bond acceptors (Lipinski definition) is 2. The van der Waals surface area contributed by atoms with E-state index in [9.17, 15) is 5.11 Å². The molecule has 1 fully saturated rings. The van der Waals surface area contributed by atoms with E-state index in [1.807, 2.05) is 25.3 Å². The first-order valence-corrected chi connectivity index (χ1v) is 4.34. The lowest BCUT2D eigenvalue weighted by Crippen LogP contribution is -2.22. The molecular formula is C10H13NO. The minimum absolute atomic E-state index is 0.0360. The van der Waals surface area contributed by atoms with Crippen molar-refractivity contribution in [2.75, 3.05) is 0 Å². The Hall–Kier alpha value is -0.890. The normalized spacial score (nSPS) is 21.8. The first-order valence-electron chi connectivity index (χ1n) is 4.34.